The van der Waals surface area contributed by atoms with Crippen LogP contribution >= 0.6 is 0 Å². The molecule has 0 spiro atoms. The molecular weight excluding hydrogens is 268 g/mol. The Balaban J connectivity index is 1.79. The molecule has 1 atom stereocenters. The summed E-state index contributed by atoms with van der Waals surface area (Å²) in [5.41, 5.74) is 6.97. The summed E-state index contributed by atoms with van der Waals surface area (Å²) in [6, 6.07) is 10.8. The Bertz CT molecular complexity index is 692. The minimum Gasteiger partial charge on any atom is -0.363 e. The molecule has 0 amide bonds. The van der Waals surface area contributed by atoms with Crippen LogP contribution in [0.5, 0.6) is 0 Å². The van der Waals surface area contributed by atoms with Crippen molar-refractivity contribution in [2.24, 2.45) is 0 Å². The van der Waals surface area contributed by atoms with Crippen LogP contribution in [-0.4, -0.2) is 4.90 Å². The minimum atomic E-state index is 0.227. The Morgan fingerprint density at radius 3 is 2.73 bits per heavy atom. The first kappa shape index (κ1) is 13.4. The molecule has 1 aliphatic heterocycles. The fraction of sp³-hybridized carbons (Fsp3) is 0.300. The fourth-order valence-electron chi connectivity index (χ4n) is 3.69. The van der Waals surface area contributed by atoms with E-state index < -0.39 is 0 Å². The molecular formula is C20H22N2. The van der Waals surface area contributed by atoms with Crippen molar-refractivity contribution in [3.63, 3.8) is 0 Å². The summed E-state index contributed by atoms with van der Waals surface area (Å²) in [6.45, 7) is 2.25. The first-order valence-corrected chi connectivity index (χ1v) is 8.21. The van der Waals surface area contributed by atoms with Gasteiger partial charge in [-0.3, -0.25) is 0 Å². The Kier molecular flexibility index (Phi) is 3.38. The molecule has 3 aliphatic rings. The van der Waals surface area contributed by atoms with Gasteiger partial charge < -0.3 is 10.2 Å². The lowest BCUT2D eigenvalue weighted by Crippen LogP contribution is -2.29. The van der Waals surface area contributed by atoms with Gasteiger partial charge in [-0.15, -0.1) is 0 Å². The van der Waals surface area contributed by atoms with Crippen LogP contribution in [0.15, 0.2) is 77.3 Å². The lowest BCUT2D eigenvalue weighted by Gasteiger charge is -2.33. The SMILES string of the molecule is CC1=CCCC2=C1N(C1=CC=CCC1)C(c1ccccc1)N2. The molecule has 1 heterocycles. The highest BCUT2D eigenvalue weighted by Gasteiger charge is 2.35. The van der Waals surface area contributed by atoms with Crippen LogP contribution in [0.2, 0.25) is 0 Å². The molecule has 1 N–H and O–H groups in total. The Morgan fingerprint density at radius 1 is 1.09 bits per heavy atom. The van der Waals surface area contributed by atoms with E-state index in [-0.39, 0.29) is 6.17 Å². The zero-order valence-corrected chi connectivity index (χ0v) is 13.0. The summed E-state index contributed by atoms with van der Waals surface area (Å²) in [7, 11) is 0. The zero-order chi connectivity index (χ0) is 14.9. The van der Waals surface area contributed by atoms with Crippen LogP contribution in [0, 0.1) is 0 Å². The van der Waals surface area contributed by atoms with Crippen LogP contribution < -0.4 is 5.32 Å². The van der Waals surface area contributed by atoms with Crippen molar-refractivity contribution in [3.05, 3.63) is 82.9 Å². The second-order valence-corrected chi connectivity index (χ2v) is 6.21. The van der Waals surface area contributed by atoms with Gasteiger partial charge in [0.25, 0.3) is 0 Å². The van der Waals surface area contributed by atoms with Gasteiger partial charge in [0.1, 0.15) is 6.17 Å². The van der Waals surface area contributed by atoms with E-state index >= 15 is 0 Å². The Hall–Kier alpha value is -2.22. The predicted octanol–water partition coefficient (Wildman–Crippen LogP) is 4.78. The van der Waals surface area contributed by atoms with E-state index in [1.807, 2.05) is 0 Å². The van der Waals surface area contributed by atoms with Crippen molar-refractivity contribution < 1.29 is 0 Å². The van der Waals surface area contributed by atoms with Crippen molar-refractivity contribution >= 4 is 0 Å². The quantitative estimate of drug-likeness (QED) is 0.843. The van der Waals surface area contributed by atoms with Crippen molar-refractivity contribution in [1.82, 2.24) is 10.2 Å². The molecule has 2 aliphatic carbocycles. The molecule has 4 rings (SSSR count). The van der Waals surface area contributed by atoms with Gasteiger partial charge in [0, 0.05) is 11.4 Å². The van der Waals surface area contributed by atoms with E-state index in [4.69, 9.17) is 0 Å². The second-order valence-electron chi connectivity index (χ2n) is 6.21. The monoisotopic (exact) mass is 290 g/mol. The summed E-state index contributed by atoms with van der Waals surface area (Å²) in [5, 5.41) is 3.79. The molecule has 22 heavy (non-hydrogen) atoms. The molecule has 1 unspecified atom stereocenters. The molecule has 0 fully saturated rings. The summed E-state index contributed by atoms with van der Waals surface area (Å²) in [6.07, 6.45) is 13.8. The smallest absolute Gasteiger partial charge is 0.130 e. The number of hydrogen-bond acceptors (Lipinski definition) is 2. The normalized spacial score (nSPS) is 23.9. The van der Waals surface area contributed by atoms with Crippen LogP contribution in [0.4, 0.5) is 0 Å². The lowest BCUT2D eigenvalue weighted by molar-refractivity contribution is 0.319. The van der Waals surface area contributed by atoms with E-state index in [0.29, 0.717) is 0 Å². The largest absolute Gasteiger partial charge is 0.363 e. The third kappa shape index (κ3) is 2.19. The molecule has 0 bridgehead atoms. The Labute approximate surface area is 132 Å². The average molecular weight is 290 g/mol. The van der Waals surface area contributed by atoms with Gasteiger partial charge in [-0.05, 0) is 49.8 Å². The number of nitrogens with zero attached hydrogens (tertiary/aromatic N) is 1. The molecule has 2 heteroatoms. The summed E-state index contributed by atoms with van der Waals surface area (Å²) in [5.74, 6) is 0. The first-order valence-electron chi connectivity index (χ1n) is 8.21. The molecule has 0 saturated heterocycles. The molecule has 0 radical (unpaired) electrons. The van der Waals surface area contributed by atoms with Gasteiger partial charge in [-0.2, -0.15) is 0 Å². The van der Waals surface area contributed by atoms with E-state index in [0.717, 1.165) is 25.7 Å². The fourth-order valence-corrected chi connectivity index (χ4v) is 3.69. The maximum absolute atomic E-state index is 3.79. The molecule has 0 aromatic heterocycles. The maximum Gasteiger partial charge on any atom is 0.130 e. The number of allylic oxidation sites excluding steroid dienone is 7. The van der Waals surface area contributed by atoms with Crippen LogP contribution in [0.1, 0.15) is 44.3 Å². The van der Waals surface area contributed by atoms with Crippen molar-refractivity contribution in [2.75, 3.05) is 0 Å². The highest BCUT2D eigenvalue weighted by atomic mass is 15.3. The third-order valence-electron chi connectivity index (χ3n) is 4.73. The maximum atomic E-state index is 3.79. The zero-order valence-electron chi connectivity index (χ0n) is 13.0. The second kappa shape index (κ2) is 5.53. The first-order chi connectivity index (χ1) is 10.8. The van der Waals surface area contributed by atoms with Crippen LogP contribution in [-0.2, 0) is 0 Å². The molecule has 1 aromatic rings. The molecule has 0 saturated carbocycles. The van der Waals surface area contributed by atoms with Crippen LogP contribution in [0.3, 0.4) is 0 Å². The van der Waals surface area contributed by atoms with Crippen molar-refractivity contribution in [3.8, 4) is 0 Å². The molecule has 1 aromatic carbocycles. The van der Waals surface area contributed by atoms with Gasteiger partial charge in [-0.25, -0.2) is 0 Å². The Morgan fingerprint density at radius 2 is 1.95 bits per heavy atom. The topological polar surface area (TPSA) is 15.3 Å². The van der Waals surface area contributed by atoms with Gasteiger partial charge in [-0.1, -0.05) is 48.6 Å². The highest BCUT2D eigenvalue weighted by molar-refractivity contribution is 5.44. The number of nitrogens with one attached hydrogen (secondary N) is 1. The third-order valence-corrected chi connectivity index (χ3v) is 4.73. The number of hydrogen-bond donors (Lipinski definition) is 1. The van der Waals surface area contributed by atoms with Crippen molar-refractivity contribution in [2.45, 2.75) is 38.8 Å². The van der Waals surface area contributed by atoms with Crippen LogP contribution in [0.25, 0.3) is 0 Å². The standard InChI is InChI=1S/C20H22N2/c1-15-9-8-14-18-19(15)22(17-12-6-3-7-13-17)20(21-18)16-10-4-2-5-11-16/h2-6,9-12,20-21H,7-8,13-14H2,1H3. The molecule has 2 nitrogen and oxygen atoms in total. The summed E-state index contributed by atoms with van der Waals surface area (Å²) in [4.78, 5) is 2.53. The van der Waals surface area contributed by atoms with Gasteiger partial charge in [0.05, 0.1) is 5.70 Å². The highest BCUT2D eigenvalue weighted by Crippen LogP contribution is 2.42. The summed E-state index contributed by atoms with van der Waals surface area (Å²) < 4.78 is 0. The predicted molar refractivity (Wildman–Crippen MR) is 90.6 cm³/mol. The number of benzene rings is 1. The molecule has 112 valence electrons. The number of rotatable bonds is 2. The van der Waals surface area contributed by atoms with Gasteiger partial charge >= 0.3 is 0 Å². The van der Waals surface area contributed by atoms with Gasteiger partial charge in [0.2, 0.25) is 0 Å². The summed E-state index contributed by atoms with van der Waals surface area (Å²) >= 11 is 0. The van der Waals surface area contributed by atoms with Crippen molar-refractivity contribution in [1.29, 1.82) is 0 Å². The van der Waals surface area contributed by atoms with E-state index in [9.17, 15) is 0 Å². The van der Waals surface area contributed by atoms with E-state index in [1.165, 1.54) is 28.2 Å². The average Bonchev–Trinajstić information content (AvgIpc) is 2.97. The van der Waals surface area contributed by atoms with E-state index in [2.05, 4.69) is 71.8 Å². The minimum absolute atomic E-state index is 0.227. The van der Waals surface area contributed by atoms with E-state index in [1.54, 1.807) is 0 Å². The lowest BCUT2D eigenvalue weighted by atomic mass is 10.00. The van der Waals surface area contributed by atoms with Gasteiger partial charge in [0.15, 0.2) is 0 Å².